The highest BCUT2D eigenvalue weighted by molar-refractivity contribution is 6.30. The Hall–Kier alpha value is -3.06. The van der Waals surface area contributed by atoms with E-state index in [0.717, 1.165) is 10.6 Å². The minimum absolute atomic E-state index is 0.0218. The average Bonchev–Trinajstić information content (AvgIpc) is 3.04. The van der Waals surface area contributed by atoms with Crippen molar-refractivity contribution >= 4 is 35.0 Å². The molecule has 0 spiro atoms. The van der Waals surface area contributed by atoms with Crippen LogP contribution in [0.3, 0.4) is 0 Å². The Kier molecular flexibility index (Phi) is 6.11. The molecule has 0 bridgehead atoms. The second-order valence-electron chi connectivity index (χ2n) is 8.27. The van der Waals surface area contributed by atoms with Crippen molar-refractivity contribution in [1.82, 2.24) is 9.80 Å². The number of halogens is 1. The molecule has 0 aliphatic carbocycles. The number of likely N-dealkylation sites (tertiary alicyclic amines) is 1. The Bertz CT molecular complexity index is 1030. The SMILES string of the molecule is COc1cccc([C@]2(CC(=O)N3CCN(c4ccc(Cl)cc4)CC3)CC(=O)N(C)C2=O)c1. The molecule has 8 heteroatoms. The van der Waals surface area contributed by atoms with Crippen molar-refractivity contribution in [2.45, 2.75) is 18.3 Å². The first-order valence-electron chi connectivity index (χ1n) is 10.6. The van der Waals surface area contributed by atoms with Crippen molar-refractivity contribution in [2.24, 2.45) is 0 Å². The van der Waals surface area contributed by atoms with Crippen LogP contribution in [0.15, 0.2) is 48.5 Å². The molecule has 2 aliphatic rings. The summed E-state index contributed by atoms with van der Waals surface area (Å²) < 4.78 is 5.31. The molecule has 2 fully saturated rings. The van der Waals surface area contributed by atoms with Gasteiger partial charge in [-0.2, -0.15) is 0 Å². The lowest BCUT2D eigenvalue weighted by Gasteiger charge is -2.37. The number of imide groups is 1. The number of rotatable bonds is 5. The van der Waals surface area contributed by atoms with E-state index in [4.69, 9.17) is 16.3 Å². The smallest absolute Gasteiger partial charge is 0.240 e. The lowest BCUT2D eigenvalue weighted by Crippen LogP contribution is -2.51. The normalized spacial score (nSPS) is 21.3. The lowest BCUT2D eigenvalue weighted by molar-refractivity contribution is -0.141. The first-order valence-corrected chi connectivity index (χ1v) is 11.0. The van der Waals surface area contributed by atoms with Crippen molar-refractivity contribution in [3.63, 3.8) is 0 Å². The molecule has 0 aromatic heterocycles. The molecule has 0 N–H and O–H groups in total. The van der Waals surface area contributed by atoms with Gasteiger partial charge in [-0.1, -0.05) is 23.7 Å². The van der Waals surface area contributed by atoms with Gasteiger partial charge in [-0.05, 0) is 42.0 Å². The minimum atomic E-state index is -1.20. The molecular formula is C24H26ClN3O4. The topological polar surface area (TPSA) is 70.2 Å². The van der Waals surface area contributed by atoms with Gasteiger partial charge < -0.3 is 14.5 Å². The fourth-order valence-electron chi connectivity index (χ4n) is 4.51. The summed E-state index contributed by atoms with van der Waals surface area (Å²) in [5.74, 6) is -0.164. The van der Waals surface area contributed by atoms with Gasteiger partial charge in [0.1, 0.15) is 5.75 Å². The highest BCUT2D eigenvalue weighted by Crippen LogP contribution is 2.41. The van der Waals surface area contributed by atoms with E-state index in [9.17, 15) is 14.4 Å². The third-order valence-corrected chi connectivity index (χ3v) is 6.69. The van der Waals surface area contributed by atoms with Crippen LogP contribution in [0.25, 0.3) is 0 Å². The summed E-state index contributed by atoms with van der Waals surface area (Å²) in [6.07, 6.45) is -0.0675. The number of amides is 3. The molecule has 2 aliphatic heterocycles. The molecule has 3 amide bonds. The first kappa shape index (κ1) is 22.1. The molecule has 0 saturated carbocycles. The Morgan fingerprint density at radius 1 is 1.06 bits per heavy atom. The molecule has 2 saturated heterocycles. The molecular weight excluding hydrogens is 430 g/mol. The van der Waals surface area contributed by atoms with Gasteiger partial charge in [0.25, 0.3) is 0 Å². The molecule has 1 atom stereocenters. The molecule has 2 aromatic rings. The molecule has 4 rings (SSSR count). The predicted octanol–water partition coefficient (Wildman–Crippen LogP) is 2.71. The number of methoxy groups -OCH3 is 1. The van der Waals surface area contributed by atoms with Crippen LogP contribution in [-0.2, 0) is 19.8 Å². The Morgan fingerprint density at radius 3 is 2.34 bits per heavy atom. The summed E-state index contributed by atoms with van der Waals surface area (Å²) in [7, 11) is 3.02. The molecule has 2 heterocycles. The molecule has 7 nitrogen and oxygen atoms in total. The molecule has 32 heavy (non-hydrogen) atoms. The van der Waals surface area contributed by atoms with Crippen molar-refractivity contribution in [2.75, 3.05) is 45.2 Å². The van der Waals surface area contributed by atoms with E-state index in [1.54, 1.807) is 36.3 Å². The van der Waals surface area contributed by atoms with Crippen LogP contribution in [0.5, 0.6) is 5.75 Å². The number of hydrogen-bond acceptors (Lipinski definition) is 5. The van der Waals surface area contributed by atoms with Gasteiger partial charge in [-0.25, -0.2) is 0 Å². The van der Waals surface area contributed by atoms with E-state index < -0.39 is 5.41 Å². The fourth-order valence-corrected chi connectivity index (χ4v) is 4.63. The highest BCUT2D eigenvalue weighted by Gasteiger charge is 2.53. The van der Waals surface area contributed by atoms with E-state index in [0.29, 0.717) is 42.5 Å². The third-order valence-electron chi connectivity index (χ3n) is 6.44. The van der Waals surface area contributed by atoms with E-state index in [2.05, 4.69) is 4.90 Å². The van der Waals surface area contributed by atoms with Crippen LogP contribution >= 0.6 is 11.6 Å². The number of likely N-dealkylation sites (N-methyl/N-ethyl adjacent to an activating group) is 1. The van der Waals surface area contributed by atoms with Crippen LogP contribution in [0, 0.1) is 0 Å². The van der Waals surface area contributed by atoms with Crippen molar-refractivity contribution in [1.29, 1.82) is 0 Å². The van der Waals surface area contributed by atoms with Crippen LogP contribution in [0.4, 0.5) is 5.69 Å². The Morgan fingerprint density at radius 2 is 1.75 bits per heavy atom. The summed E-state index contributed by atoms with van der Waals surface area (Å²) >= 11 is 5.98. The number of piperazine rings is 1. The summed E-state index contributed by atoms with van der Waals surface area (Å²) in [6.45, 7) is 2.47. The van der Waals surface area contributed by atoms with Gasteiger partial charge in [0.15, 0.2) is 0 Å². The zero-order chi connectivity index (χ0) is 22.9. The van der Waals surface area contributed by atoms with Crippen molar-refractivity contribution in [3.8, 4) is 5.75 Å². The van der Waals surface area contributed by atoms with Gasteiger partial charge in [-0.3, -0.25) is 19.3 Å². The van der Waals surface area contributed by atoms with Gasteiger partial charge in [-0.15, -0.1) is 0 Å². The summed E-state index contributed by atoms with van der Waals surface area (Å²) in [5, 5.41) is 0.686. The zero-order valence-corrected chi connectivity index (χ0v) is 19.0. The fraction of sp³-hybridized carbons (Fsp3) is 0.375. The number of carbonyl (C=O) groups excluding carboxylic acids is 3. The van der Waals surface area contributed by atoms with E-state index in [1.807, 2.05) is 24.3 Å². The maximum atomic E-state index is 13.3. The number of nitrogens with zero attached hydrogens (tertiary/aromatic N) is 3. The van der Waals surface area contributed by atoms with E-state index in [1.165, 1.54) is 7.05 Å². The van der Waals surface area contributed by atoms with Gasteiger partial charge >= 0.3 is 0 Å². The predicted molar refractivity (Wildman–Crippen MR) is 122 cm³/mol. The summed E-state index contributed by atoms with van der Waals surface area (Å²) in [4.78, 5) is 44.1. The lowest BCUT2D eigenvalue weighted by atomic mass is 9.75. The van der Waals surface area contributed by atoms with Crippen LogP contribution in [0.2, 0.25) is 5.02 Å². The monoisotopic (exact) mass is 455 g/mol. The van der Waals surface area contributed by atoms with Gasteiger partial charge in [0.05, 0.1) is 12.5 Å². The summed E-state index contributed by atoms with van der Waals surface area (Å²) in [5.41, 5.74) is 0.491. The third kappa shape index (κ3) is 4.05. The van der Waals surface area contributed by atoms with Crippen molar-refractivity contribution < 1.29 is 19.1 Å². The van der Waals surface area contributed by atoms with Crippen LogP contribution in [-0.4, -0.2) is 67.9 Å². The Balaban J connectivity index is 1.52. The first-order chi connectivity index (χ1) is 15.3. The molecule has 0 radical (unpaired) electrons. The molecule has 168 valence electrons. The number of carbonyl (C=O) groups is 3. The Labute approximate surface area is 192 Å². The van der Waals surface area contributed by atoms with Crippen LogP contribution < -0.4 is 9.64 Å². The second kappa shape index (κ2) is 8.82. The largest absolute Gasteiger partial charge is 0.497 e. The maximum absolute atomic E-state index is 13.3. The quantitative estimate of drug-likeness (QED) is 0.648. The van der Waals surface area contributed by atoms with E-state index in [-0.39, 0.29) is 30.6 Å². The van der Waals surface area contributed by atoms with Gasteiger partial charge in [0, 0.05) is 56.8 Å². The number of anilines is 1. The standard InChI is InChI=1S/C24H26ClN3O4/c1-26-21(29)15-24(23(26)31,17-4-3-5-20(14-17)32-2)16-22(30)28-12-10-27(11-13-28)19-8-6-18(25)7-9-19/h3-9,14H,10-13,15-16H2,1-2H3/t24-/m1/s1. The van der Waals surface area contributed by atoms with Crippen molar-refractivity contribution in [3.05, 3.63) is 59.1 Å². The molecule has 0 unspecified atom stereocenters. The average molecular weight is 456 g/mol. The maximum Gasteiger partial charge on any atom is 0.240 e. The zero-order valence-electron chi connectivity index (χ0n) is 18.2. The van der Waals surface area contributed by atoms with E-state index >= 15 is 0 Å². The molecule has 2 aromatic carbocycles. The number of ether oxygens (including phenoxy) is 1. The highest BCUT2D eigenvalue weighted by atomic mass is 35.5. The van der Waals surface area contributed by atoms with Gasteiger partial charge in [0.2, 0.25) is 17.7 Å². The number of benzene rings is 2. The number of hydrogen-bond donors (Lipinski definition) is 0. The van der Waals surface area contributed by atoms with Crippen LogP contribution in [0.1, 0.15) is 18.4 Å². The summed E-state index contributed by atoms with van der Waals surface area (Å²) in [6, 6.07) is 14.7. The second-order valence-corrected chi connectivity index (χ2v) is 8.71. The minimum Gasteiger partial charge on any atom is -0.497 e.